The van der Waals surface area contributed by atoms with Gasteiger partial charge in [0.05, 0.1) is 0 Å². The molecule has 0 aromatic heterocycles. The molecule has 1 amide bonds. The van der Waals surface area contributed by atoms with Gasteiger partial charge in [0, 0.05) is 12.0 Å². The minimum absolute atomic E-state index is 0.0978. The van der Waals surface area contributed by atoms with Crippen molar-refractivity contribution >= 4 is 5.91 Å². The average molecular weight is 238 g/mol. The number of likely N-dealkylation sites (tertiary alicyclic amines) is 1. The molecule has 0 spiro atoms. The van der Waals surface area contributed by atoms with Gasteiger partial charge in [-0.2, -0.15) is 0 Å². The summed E-state index contributed by atoms with van der Waals surface area (Å²) in [6, 6.07) is 0.784. The van der Waals surface area contributed by atoms with Gasteiger partial charge in [-0.05, 0) is 57.5 Å². The number of amides is 1. The minimum atomic E-state index is -0.0978. The van der Waals surface area contributed by atoms with Crippen molar-refractivity contribution in [1.82, 2.24) is 4.90 Å². The van der Waals surface area contributed by atoms with Crippen LogP contribution in [0.5, 0.6) is 0 Å². The molecule has 2 N–H and O–H groups in total. The SMILES string of the molecule is CCC1CCC(N2CCC(C(N)=O)CC2)CC1. The van der Waals surface area contributed by atoms with E-state index in [1.54, 1.807) is 0 Å². The standard InChI is InChI=1S/C14H26N2O/c1-2-11-3-5-13(6-4-11)16-9-7-12(8-10-16)14(15)17/h11-13H,2-10H2,1H3,(H2,15,17). The molecule has 1 aliphatic carbocycles. The topological polar surface area (TPSA) is 46.3 Å². The van der Waals surface area contributed by atoms with E-state index in [0.29, 0.717) is 0 Å². The molecule has 2 aliphatic rings. The van der Waals surface area contributed by atoms with E-state index < -0.39 is 0 Å². The molecule has 1 saturated carbocycles. The Morgan fingerprint density at radius 2 is 1.71 bits per heavy atom. The zero-order valence-electron chi connectivity index (χ0n) is 11.0. The number of hydrogen-bond acceptors (Lipinski definition) is 2. The first-order valence-electron chi connectivity index (χ1n) is 7.24. The highest BCUT2D eigenvalue weighted by atomic mass is 16.1. The summed E-state index contributed by atoms with van der Waals surface area (Å²) in [5.74, 6) is 1.01. The number of nitrogens with zero attached hydrogens (tertiary/aromatic N) is 1. The molecule has 0 radical (unpaired) electrons. The Morgan fingerprint density at radius 3 is 2.18 bits per heavy atom. The van der Waals surface area contributed by atoms with E-state index in [4.69, 9.17) is 5.73 Å². The zero-order chi connectivity index (χ0) is 12.3. The van der Waals surface area contributed by atoms with Crippen molar-refractivity contribution in [2.45, 2.75) is 57.9 Å². The van der Waals surface area contributed by atoms with Crippen molar-refractivity contribution in [2.24, 2.45) is 17.6 Å². The molecule has 0 atom stereocenters. The zero-order valence-corrected chi connectivity index (χ0v) is 11.0. The van der Waals surface area contributed by atoms with Crippen LogP contribution < -0.4 is 5.73 Å². The fourth-order valence-electron chi connectivity index (χ4n) is 3.47. The lowest BCUT2D eigenvalue weighted by Crippen LogP contribution is -2.45. The Bertz CT molecular complexity index is 251. The third-order valence-corrected chi connectivity index (χ3v) is 4.84. The lowest BCUT2D eigenvalue weighted by molar-refractivity contribution is -0.123. The van der Waals surface area contributed by atoms with E-state index in [1.165, 1.54) is 32.1 Å². The molecule has 17 heavy (non-hydrogen) atoms. The highest BCUT2D eigenvalue weighted by Gasteiger charge is 2.29. The van der Waals surface area contributed by atoms with Gasteiger partial charge in [0.2, 0.25) is 5.91 Å². The second-order valence-electron chi connectivity index (χ2n) is 5.80. The van der Waals surface area contributed by atoms with E-state index >= 15 is 0 Å². The maximum absolute atomic E-state index is 11.1. The van der Waals surface area contributed by atoms with Crippen LogP contribution in [0.25, 0.3) is 0 Å². The summed E-state index contributed by atoms with van der Waals surface area (Å²) in [6.07, 6.45) is 8.82. The first-order valence-corrected chi connectivity index (χ1v) is 7.24. The molecule has 1 saturated heterocycles. The normalized spacial score (nSPS) is 32.5. The molecule has 0 bridgehead atoms. The molecule has 0 aromatic carbocycles. The Balaban J connectivity index is 1.76. The van der Waals surface area contributed by atoms with Gasteiger partial charge in [-0.3, -0.25) is 4.79 Å². The van der Waals surface area contributed by atoms with Gasteiger partial charge in [0.15, 0.2) is 0 Å². The molecular formula is C14H26N2O. The summed E-state index contributed by atoms with van der Waals surface area (Å²) in [4.78, 5) is 13.7. The second kappa shape index (κ2) is 5.85. The monoisotopic (exact) mass is 238 g/mol. The summed E-state index contributed by atoms with van der Waals surface area (Å²) in [6.45, 7) is 4.47. The van der Waals surface area contributed by atoms with Crippen LogP contribution in [-0.2, 0) is 4.79 Å². The summed E-state index contributed by atoms with van der Waals surface area (Å²) >= 11 is 0. The largest absolute Gasteiger partial charge is 0.369 e. The Morgan fingerprint density at radius 1 is 1.12 bits per heavy atom. The van der Waals surface area contributed by atoms with Crippen LogP contribution in [0.15, 0.2) is 0 Å². The molecule has 3 nitrogen and oxygen atoms in total. The third-order valence-electron chi connectivity index (χ3n) is 4.84. The second-order valence-corrected chi connectivity index (χ2v) is 5.80. The van der Waals surface area contributed by atoms with Crippen LogP contribution in [0, 0.1) is 11.8 Å². The first-order chi connectivity index (χ1) is 8.20. The van der Waals surface area contributed by atoms with Gasteiger partial charge in [-0.1, -0.05) is 13.3 Å². The van der Waals surface area contributed by atoms with E-state index in [-0.39, 0.29) is 11.8 Å². The average Bonchev–Trinajstić information content (AvgIpc) is 2.39. The van der Waals surface area contributed by atoms with Crippen molar-refractivity contribution in [2.75, 3.05) is 13.1 Å². The highest BCUT2D eigenvalue weighted by Crippen LogP contribution is 2.31. The van der Waals surface area contributed by atoms with E-state index in [2.05, 4.69) is 11.8 Å². The van der Waals surface area contributed by atoms with Crippen LogP contribution in [0.1, 0.15) is 51.9 Å². The van der Waals surface area contributed by atoms with E-state index in [0.717, 1.165) is 37.9 Å². The molecule has 3 heteroatoms. The summed E-state index contributed by atoms with van der Waals surface area (Å²) in [5, 5.41) is 0. The van der Waals surface area contributed by atoms with Gasteiger partial charge in [-0.25, -0.2) is 0 Å². The molecule has 1 aliphatic heterocycles. The minimum Gasteiger partial charge on any atom is -0.369 e. The Labute approximate surface area is 105 Å². The van der Waals surface area contributed by atoms with Gasteiger partial charge in [-0.15, -0.1) is 0 Å². The summed E-state index contributed by atoms with van der Waals surface area (Å²) < 4.78 is 0. The van der Waals surface area contributed by atoms with Crippen molar-refractivity contribution in [3.63, 3.8) is 0 Å². The van der Waals surface area contributed by atoms with Crippen LogP contribution in [0.4, 0.5) is 0 Å². The molecule has 2 fully saturated rings. The number of carbonyl (C=O) groups excluding carboxylic acids is 1. The number of primary amides is 1. The van der Waals surface area contributed by atoms with Crippen molar-refractivity contribution in [1.29, 1.82) is 0 Å². The van der Waals surface area contributed by atoms with Crippen LogP contribution >= 0.6 is 0 Å². The van der Waals surface area contributed by atoms with Crippen molar-refractivity contribution in [3.8, 4) is 0 Å². The number of piperidine rings is 1. The number of carbonyl (C=O) groups is 1. The number of nitrogens with two attached hydrogens (primary N) is 1. The highest BCUT2D eigenvalue weighted by molar-refractivity contribution is 5.76. The fraction of sp³-hybridized carbons (Fsp3) is 0.929. The molecule has 98 valence electrons. The van der Waals surface area contributed by atoms with Crippen molar-refractivity contribution < 1.29 is 4.79 Å². The molecule has 0 aromatic rings. The quantitative estimate of drug-likeness (QED) is 0.819. The molecule has 0 unspecified atom stereocenters. The van der Waals surface area contributed by atoms with Crippen LogP contribution in [-0.4, -0.2) is 29.9 Å². The molecular weight excluding hydrogens is 212 g/mol. The van der Waals surface area contributed by atoms with Crippen LogP contribution in [0.2, 0.25) is 0 Å². The fourth-order valence-corrected chi connectivity index (χ4v) is 3.47. The van der Waals surface area contributed by atoms with Gasteiger partial charge in [0.1, 0.15) is 0 Å². The lowest BCUT2D eigenvalue weighted by atomic mass is 9.83. The predicted octanol–water partition coefficient (Wildman–Crippen LogP) is 2.15. The van der Waals surface area contributed by atoms with Gasteiger partial charge in [0.25, 0.3) is 0 Å². The molecule has 1 heterocycles. The number of hydrogen-bond donors (Lipinski definition) is 1. The van der Waals surface area contributed by atoms with Gasteiger partial charge < -0.3 is 10.6 Å². The maximum atomic E-state index is 11.1. The van der Waals surface area contributed by atoms with E-state index in [9.17, 15) is 4.79 Å². The first kappa shape index (κ1) is 12.9. The predicted molar refractivity (Wildman–Crippen MR) is 69.5 cm³/mol. The Kier molecular flexibility index (Phi) is 4.43. The summed E-state index contributed by atoms with van der Waals surface area (Å²) in [7, 11) is 0. The Hall–Kier alpha value is -0.570. The smallest absolute Gasteiger partial charge is 0.220 e. The van der Waals surface area contributed by atoms with Crippen LogP contribution in [0.3, 0.4) is 0 Å². The summed E-state index contributed by atoms with van der Waals surface area (Å²) in [5.41, 5.74) is 5.37. The maximum Gasteiger partial charge on any atom is 0.220 e. The molecule has 2 rings (SSSR count). The van der Waals surface area contributed by atoms with E-state index in [1.807, 2.05) is 0 Å². The van der Waals surface area contributed by atoms with Crippen molar-refractivity contribution in [3.05, 3.63) is 0 Å². The van der Waals surface area contributed by atoms with Gasteiger partial charge >= 0.3 is 0 Å². The lowest BCUT2D eigenvalue weighted by Gasteiger charge is -2.40. The number of rotatable bonds is 3. The third kappa shape index (κ3) is 3.21.